The summed E-state index contributed by atoms with van der Waals surface area (Å²) in [6, 6.07) is 15.5. The van der Waals surface area contributed by atoms with Gasteiger partial charge in [0.2, 0.25) is 5.91 Å². The van der Waals surface area contributed by atoms with Crippen LogP contribution >= 0.6 is 0 Å². The first-order chi connectivity index (χ1) is 12.2. The molecule has 0 spiro atoms. The smallest absolute Gasteiger partial charge is 0.234 e. The summed E-state index contributed by atoms with van der Waals surface area (Å²) in [5, 5.41) is 6.14. The van der Waals surface area contributed by atoms with Gasteiger partial charge in [0.1, 0.15) is 6.61 Å². The van der Waals surface area contributed by atoms with Crippen molar-refractivity contribution in [2.45, 2.75) is 18.9 Å². The van der Waals surface area contributed by atoms with Gasteiger partial charge in [-0.3, -0.25) is 4.79 Å². The third kappa shape index (κ3) is 5.57. The van der Waals surface area contributed by atoms with Gasteiger partial charge in [-0.05, 0) is 43.0 Å². The van der Waals surface area contributed by atoms with E-state index in [0.717, 1.165) is 18.0 Å². The standard InChI is InChI=1S/C20H23FN2O2/c21-17-8-4-5-9-19(17)25-14-18(16-6-2-1-3-7-16)23-20(24)13-22-12-15-10-11-15/h1-9,15,18,22H,10-14H2,(H,23,24). The maximum absolute atomic E-state index is 13.7. The Morgan fingerprint density at radius 1 is 1.12 bits per heavy atom. The van der Waals surface area contributed by atoms with Gasteiger partial charge in [0.15, 0.2) is 11.6 Å². The van der Waals surface area contributed by atoms with Gasteiger partial charge in [0.25, 0.3) is 0 Å². The van der Waals surface area contributed by atoms with Crippen LogP contribution in [0.2, 0.25) is 0 Å². The molecular formula is C20H23FN2O2. The summed E-state index contributed by atoms with van der Waals surface area (Å²) in [5.74, 6) is 0.407. The Morgan fingerprint density at radius 2 is 1.84 bits per heavy atom. The van der Waals surface area contributed by atoms with Crippen LogP contribution in [-0.2, 0) is 4.79 Å². The molecule has 0 saturated heterocycles. The van der Waals surface area contributed by atoms with Crippen LogP contribution in [0, 0.1) is 11.7 Å². The first-order valence-corrected chi connectivity index (χ1v) is 8.64. The Hall–Kier alpha value is -2.40. The van der Waals surface area contributed by atoms with Crippen LogP contribution < -0.4 is 15.4 Å². The molecule has 0 aliphatic heterocycles. The summed E-state index contributed by atoms with van der Waals surface area (Å²) >= 11 is 0. The monoisotopic (exact) mass is 342 g/mol. The van der Waals surface area contributed by atoms with Crippen LogP contribution in [0.4, 0.5) is 4.39 Å². The van der Waals surface area contributed by atoms with Crippen LogP contribution in [0.25, 0.3) is 0 Å². The van der Waals surface area contributed by atoms with Crippen LogP contribution in [0.5, 0.6) is 5.75 Å². The Morgan fingerprint density at radius 3 is 2.56 bits per heavy atom. The highest BCUT2D eigenvalue weighted by molar-refractivity contribution is 5.78. The third-order valence-corrected chi connectivity index (χ3v) is 4.19. The van der Waals surface area contributed by atoms with Crippen molar-refractivity contribution < 1.29 is 13.9 Å². The summed E-state index contributed by atoms with van der Waals surface area (Å²) < 4.78 is 19.3. The number of para-hydroxylation sites is 1. The molecule has 1 aliphatic rings. The minimum absolute atomic E-state index is 0.0911. The van der Waals surface area contributed by atoms with Crippen molar-refractivity contribution in [2.75, 3.05) is 19.7 Å². The molecule has 0 aromatic heterocycles. The van der Waals surface area contributed by atoms with Gasteiger partial charge in [-0.15, -0.1) is 0 Å². The number of carbonyl (C=O) groups is 1. The van der Waals surface area contributed by atoms with Crippen molar-refractivity contribution in [1.82, 2.24) is 10.6 Å². The van der Waals surface area contributed by atoms with Gasteiger partial charge in [-0.25, -0.2) is 4.39 Å². The van der Waals surface area contributed by atoms with Crippen molar-refractivity contribution >= 4 is 5.91 Å². The van der Waals surface area contributed by atoms with E-state index in [4.69, 9.17) is 4.74 Å². The average molecular weight is 342 g/mol. The number of halogens is 1. The predicted molar refractivity (Wildman–Crippen MR) is 94.8 cm³/mol. The fourth-order valence-electron chi connectivity index (χ4n) is 2.60. The van der Waals surface area contributed by atoms with Gasteiger partial charge in [0, 0.05) is 0 Å². The lowest BCUT2D eigenvalue weighted by molar-refractivity contribution is -0.121. The molecule has 0 heterocycles. The molecule has 1 unspecified atom stereocenters. The number of ether oxygens (including phenoxy) is 1. The second kappa shape index (κ2) is 8.62. The molecule has 2 N–H and O–H groups in total. The molecule has 1 amide bonds. The molecular weight excluding hydrogens is 319 g/mol. The number of benzene rings is 2. The number of rotatable bonds is 9. The summed E-state index contributed by atoms with van der Waals surface area (Å²) in [4.78, 5) is 12.2. The number of carbonyl (C=O) groups excluding carboxylic acids is 1. The molecule has 25 heavy (non-hydrogen) atoms. The minimum Gasteiger partial charge on any atom is -0.488 e. The molecule has 2 aromatic carbocycles. The van der Waals surface area contributed by atoms with Gasteiger partial charge in [-0.1, -0.05) is 42.5 Å². The van der Waals surface area contributed by atoms with E-state index in [2.05, 4.69) is 10.6 Å². The molecule has 0 radical (unpaired) electrons. The molecule has 0 bridgehead atoms. The fourth-order valence-corrected chi connectivity index (χ4v) is 2.60. The van der Waals surface area contributed by atoms with Crippen molar-refractivity contribution in [1.29, 1.82) is 0 Å². The van der Waals surface area contributed by atoms with Crippen LogP contribution in [0.3, 0.4) is 0 Å². The van der Waals surface area contributed by atoms with E-state index in [1.807, 2.05) is 30.3 Å². The second-order valence-electron chi connectivity index (χ2n) is 6.35. The topological polar surface area (TPSA) is 50.4 Å². The Labute approximate surface area is 147 Å². The van der Waals surface area contributed by atoms with E-state index in [0.29, 0.717) is 0 Å². The zero-order chi connectivity index (χ0) is 17.5. The fraction of sp³-hybridized carbons (Fsp3) is 0.350. The number of hydrogen-bond acceptors (Lipinski definition) is 3. The lowest BCUT2D eigenvalue weighted by Gasteiger charge is -2.20. The maximum Gasteiger partial charge on any atom is 0.234 e. The largest absolute Gasteiger partial charge is 0.488 e. The van der Waals surface area contributed by atoms with E-state index < -0.39 is 5.82 Å². The predicted octanol–water partition coefficient (Wildman–Crippen LogP) is 3.06. The Balaban J connectivity index is 1.58. The van der Waals surface area contributed by atoms with Crippen LogP contribution in [0.15, 0.2) is 54.6 Å². The molecule has 1 saturated carbocycles. The second-order valence-corrected chi connectivity index (χ2v) is 6.35. The first-order valence-electron chi connectivity index (χ1n) is 8.64. The van der Waals surface area contributed by atoms with Crippen molar-refractivity contribution in [3.8, 4) is 5.75 Å². The minimum atomic E-state index is -0.410. The lowest BCUT2D eigenvalue weighted by Crippen LogP contribution is -2.39. The Kier molecular flexibility index (Phi) is 6.01. The van der Waals surface area contributed by atoms with Gasteiger partial charge >= 0.3 is 0 Å². The molecule has 1 atom stereocenters. The molecule has 1 fully saturated rings. The zero-order valence-electron chi connectivity index (χ0n) is 14.1. The van der Waals surface area contributed by atoms with E-state index in [1.54, 1.807) is 18.2 Å². The highest BCUT2D eigenvalue weighted by Gasteiger charge is 2.21. The highest BCUT2D eigenvalue weighted by Crippen LogP contribution is 2.27. The molecule has 132 valence electrons. The van der Waals surface area contributed by atoms with Crippen molar-refractivity contribution in [3.63, 3.8) is 0 Å². The summed E-state index contributed by atoms with van der Waals surface area (Å²) in [6.45, 7) is 1.33. The van der Waals surface area contributed by atoms with E-state index >= 15 is 0 Å². The van der Waals surface area contributed by atoms with E-state index in [1.165, 1.54) is 18.9 Å². The van der Waals surface area contributed by atoms with Crippen LogP contribution in [0.1, 0.15) is 24.4 Å². The zero-order valence-corrected chi connectivity index (χ0v) is 14.1. The summed E-state index contributed by atoms with van der Waals surface area (Å²) in [5.41, 5.74) is 0.925. The molecule has 3 rings (SSSR count). The summed E-state index contributed by atoms with van der Waals surface area (Å²) in [6.07, 6.45) is 2.50. The first kappa shape index (κ1) is 17.4. The molecule has 1 aliphatic carbocycles. The van der Waals surface area contributed by atoms with Gasteiger partial charge in [0.05, 0.1) is 12.6 Å². The molecule has 2 aromatic rings. The van der Waals surface area contributed by atoms with Gasteiger partial charge < -0.3 is 15.4 Å². The van der Waals surface area contributed by atoms with E-state index in [-0.39, 0.29) is 30.9 Å². The number of hydrogen-bond donors (Lipinski definition) is 2. The van der Waals surface area contributed by atoms with E-state index in [9.17, 15) is 9.18 Å². The molecule has 5 heteroatoms. The van der Waals surface area contributed by atoms with Crippen molar-refractivity contribution in [3.05, 3.63) is 66.0 Å². The third-order valence-electron chi connectivity index (χ3n) is 4.19. The van der Waals surface area contributed by atoms with Crippen LogP contribution in [-0.4, -0.2) is 25.6 Å². The lowest BCUT2D eigenvalue weighted by atomic mass is 10.1. The number of amides is 1. The SMILES string of the molecule is O=C(CNCC1CC1)NC(COc1ccccc1F)c1ccccc1. The van der Waals surface area contributed by atoms with Crippen molar-refractivity contribution in [2.24, 2.45) is 5.92 Å². The Bertz CT molecular complexity index is 689. The van der Waals surface area contributed by atoms with Gasteiger partial charge in [-0.2, -0.15) is 0 Å². The highest BCUT2D eigenvalue weighted by atomic mass is 19.1. The molecule has 4 nitrogen and oxygen atoms in total. The average Bonchev–Trinajstić information content (AvgIpc) is 3.45. The quantitative estimate of drug-likeness (QED) is 0.736. The summed E-state index contributed by atoms with van der Waals surface area (Å²) in [7, 11) is 0. The normalized spacial score (nSPS) is 14.8. The number of nitrogens with one attached hydrogen (secondary N) is 2. The maximum atomic E-state index is 13.7.